The Morgan fingerprint density at radius 2 is 2.16 bits per heavy atom. The van der Waals surface area contributed by atoms with Crippen LogP contribution in [-0.4, -0.2) is 4.98 Å². The van der Waals surface area contributed by atoms with Crippen LogP contribution in [0.25, 0.3) is 32.0 Å². The Kier molecular flexibility index (Phi) is 1.64. The molecule has 1 aliphatic rings. The molecule has 0 atom stereocenters. The van der Waals surface area contributed by atoms with Crippen molar-refractivity contribution >= 4 is 31.8 Å². The van der Waals surface area contributed by atoms with Crippen LogP contribution in [0.2, 0.25) is 0 Å². The van der Waals surface area contributed by atoms with E-state index in [0.29, 0.717) is 0 Å². The van der Waals surface area contributed by atoms with Crippen LogP contribution in [0.3, 0.4) is 0 Å². The lowest BCUT2D eigenvalue weighted by Gasteiger charge is -1.88. The van der Waals surface area contributed by atoms with Gasteiger partial charge in [-0.15, -0.1) is 0 Å². The van der Waals surface area contributed by atoms with Gasteiger partial charge in [0.05, 0.1) is 5.39 Å². The summed E-state index contributed by atoms with van der Waals surface area (Å²) in [6.45, 7) is 0.876. The number of nitrogens with zero attached hydrogens (tertiary/aromatic N) is 2. The summed E-state index contributed by atoms with van der Waals surface area (Å²) in [6, 6.07) is 10.5. The second-order valence-corrected chi connectivity index (χ2v) is 5.78. The summed E-state index contributed by atoms with van der Waals surface area (Å²) < 4.78 is 9.61. The molecule has 90 valence electrons. The zero-order chi connectivity index (χ0) is 12.4. The number of hydrogen-bond acceptors (Lipinski definition) is 3. The first-order valence-corrected chi connectivity index (χ1v) is 7.00. The monoisotopic (exact) mass is 265 g/mol. The van der Waals surface area contributed by atoms with E-state index < -0.39 is 0 Å². The van der Waals surface area contributed by atoms with E-state index in [1.165, 1.54) is 21.2 Å². The Morgan fingerprint density at radius 1 is 1.21 bits per heavy atom. The summed E-state index contributed by atoms with van der Waals surface area (Å²) in [6.07, 6.45) is 3.73. The molecule has 0 unspecified atom stereocenters. The topological polar surface area (TPSA) is 29.9 Å². The molecular weight excluding hydrogens is 256 g/mol. The minimum absolute atomic E-state index is 0.876. The maximum absolute atomic E-state index is 6.06. The Hall–Kier alpha value is -2.20. The lowest BCUT2D eigenvalue weighted by Crippen LogP contribution is -2.30. The quantitative estimate of drug-likeness (QED) is 0.402. The van der Waals surface area contributed by atoms with Gasteiger partial charge < -0.3 is 4.42 Å². The molecule has 0 fully saturated rings. The number of oxazole rings is 1. The molecule has 4 heteroatoms. The molecular formula is C15H9N2OS+. The SMILES string of the molecule is c1ccc2c(c1)sc1oc3[n+](c12)Cc1ccncc1-3. The molecule has 1 aliphatic heterocycles. The maximum Gasteiger partial charge on any atom is 0.384 e. The van der Waals surface area contributed by atoms with E-state index in [0.717, 1.165) is 22.9 Å². The Balaban J connectivity index is 1.94. The maximum atomic E-state index is 6.06. The zero-order valence-electron chi connectivity index (χ0n) is 9.96. The molecule has 0 saturated heterocycles. The molecule has 0 aliphatic carbocycles. The third-order valence-electron chi connectivity index (χ3n) is 3.71. The number of pyridine rings is 1. The van der Waals surface area contributed by atoms with Crippen molar-refractivity contribution < 1.29 is 8.98 Å². The number of thiophene rings is 1. The van der Waals surface area contributed by atoms with Gasteiger partial charge in [-0.2, -0.15) is 4.57 Å². The van der Waals surface area contributed by atoms with Crippen LogP contribution in [0.15, 0.2) is 47.1 Å². The predicted molar refractivity (Wildman–Crippen MR) is 74.1 cm³/mol. The average Bonchev–Trinajstić information content (AvgIpc) is 3.05. The van der Waals surface area contributed by atoms with Crippen molar-refractivity contribution in [1.29, 1.82) is 0 Å². The van der Waals surface area contributed by atoms with Crippen molar-refractivity contribution in [1.82, 2.24) is 4.98 Å². The number of aromatic nitrogens is 2. The van der Waals surface area contributed by atoms with Crippen molar-refractivity contribution in [2.45, 2.75) is 6.54 Å². The van der Waals surface area contributed by atoms with Crippen LogP contribution < -0.4 is 4.57 Å². The van der Waals surface area contributed by atoms with E-state index in [1.54, 1.807) is 11.3 Å². The van der Waals surface area contributed by atoms with Gasteiger partial charge in [0.2, 0.25) is 0 Å². The smallest absolute Gasteiger partial charge is 0.384 e. The van der Waals surface area contributed by atoms with Crippen LogP contribution >= 0.6 is 11.3 Å². The molecule has 4 aromatic rings. The minimum atomic E-state index is 0.876. The van der Waals surface area contributed by atoms with E-state index in [4.69, 9.17) is 4.42 Å². The number of fused-ring (bicyclic) bond motifs is 7. The third-order valence-corrected chi connectivity index (χ3v) is 4.75. The number of hydrogen-bond donors (Lipinski definition) is 0. The van der Waals surface area contributed by atoms with Gasteiger partial charge in [-0.25, -0.2) is 0 Å². The average molecular weight is 265 g/mol. The molecule has 5 rings (SSSR count). The van der Waals surface area contributed by atoms with Gasteiger partial charge in [0, 0.05) is 22.7 Å². The number of rotatable bonds is 0. The third kappa shape index (κ3) is 1.12. The lowest BCUT2D eigenvalue weighted by atomic mass is 10.2. The molecule has 0 spiro atoms. The van der Waals surface area contributed by atoms with Gasteiger partial charge in [0.25, 0.3) is 10.4 Å². The van der Waals surface area contributed by atoms with Gasteiger partial charge >= 0.3 is 5.89 Å². The first kappa shape index (κ1) is 9.69. The van der Waals surface area contributed by atoms with Crippen molar-refractivity contribution in [3.8, 4) is 11.5 Å². The second kappa shape index (κ2) is 3.22. The molecule has 0 bridgehead atoms. The summed E-state index contributed by atoms with van der Waals surface area (Å²) in [5.41, 5.74) is 3.62. The summed E-state index contributed by atoms with van der Waals surface area (Å²) in [4.78, 5) is 5.21. The molecule has 0 radical (unpaired) electrons. The number of benzene rings is 1. The zero-order valence-corrected chi connectivity index (χ0v) is 10.8. The summed E-state index contributed by atoms with van der Waals surface area (Å²) >= 11 is 1.71. The molecule has 1 aromatic carbocycles. The van der Waals surface area contributed by atoms with Gasteiger partial charge in [0.1, 0.15) is 5.56 Å². The fraction of sp³-hybridized carbons (Fsp3) is 0.0667. The molecule has 4 heterocycles. The summed E-state index contributed by atoms with van der Waals surface area (Å²) in [5.74, 6) is 0.940. The van der Waals surface area contributed by atoms with E-state index >= 15 is 0 Å². The van der Waals surface area contributed by atoms with E-state index in [-0.39, 0.29) is 0 Å². The Bertz CT molecular complexity index is 951. The van der Waals surface area contributed by atoms with E-state index in [1.807, 2.05) is 12.4 Å². The predicted octanol–water partition coefficient (Wildman–Crippen LogP) is 3.36. The van der Waals surface area contributed by atoms with Gasteiger partial charge in [-0.05, 0) is 18.2 Å². The molecule has 0 N–H and O–H groups in total. The van der Waals surface area contributed by atoms with E-state index in [9.17, 15) is 0 Å². The first-order chi connectivity index (χ1) is 9.42. The highest BCUT2D eigenvalue weighted by atomic mass is 32.1. The molecule has 3 aromatic heterocycles. The first-order valence-electron chi connectivity index (χ1n) is 6.19. The second-order valence-electron chi connectivity index (χ2n) is 4.76. The summed E-state index contributed by atoms with van der Waals surface area (Å²) in [7, 11) is 0. The van der Waals surface area contributed by atoms with Gasteiger partial charge in [0.15, 0.2) is 6.54 Å². The minimum Gasteiger partial charge on any atom is -0.386 e. The highest BCUT2D eigenvalue weighted by molar-refractivity contribution is 7.25. The fourth-order valence-corrected chi connectivity index (χ4v) is 3.91. The van der Waals surface area contributed by atoms with Crippen molar-refractivity contribution in [2.75, 3.05) is 0 Å². The largest absolute Gasteiger partial charge is 0.386 e. The standard InChI is InChI=1S/C15H9N2OS/c1-2-4-12-10(3-1)13-15(19-12)18-14-11-7-16-6-5-9(11)8-17(13)14/h1-7H,8H2/q+1. The molecule has 3 nitrogen and oxygen atoms in total. The lowest BCUT2D eigenvalue weighted by molar-refractivity contribution is -0.648. The van der Waals surface area contributed by atoms with Crippen LogP contribution in [0.4, 0.5) is 0 Å². The van der Waals surface area contributed by atoms with Crippen LogP contribution in [-0.2, 0) is 6.54 Å². The summed E-state index contributed by atoms with van der Waals surface area (Å²) in [5, 5.41) is 1.28. The van der Waals surface area contributed by atoms with Crippen LogP contribution in [0.5, 0.6) is 0 Å². The highest BCUT2D eigenvalue weighted by Crippen LogP contribution is 2.38. The molecule has 19 heavy (non-hydrogen) atoms. The highest BCUT2D eigenvalue weighted by Gasteiger charge is 2.35. The van der Waals surface area contributed by atoms with Crippen LogP contribution in [0, 0.1) is 0 Å². The van der Waals surface area contributed by atoms with Gasteiger partial charge in [-0.3, -0.25) is 4.98 Å². The Morgan fingerprint density at radius 3 is 3.16 bits per heavy atom. The van der Waals surface area contributed by atoms with Crippen molar-refractivity contribution in [2.24, 2.45) is 0 Å². The fourth-order valence-electron chi connectivity index (χ4n) is 2.85. The molecule has 0 saturated carbocycles. The van der Waals surface area contributed by atoms with Crippen molar-refractivity contribution in [3.63, 3.8) is 0 Å². The van der Waals surface area contributed by atoms with Gasteiger partial charge in [-0.1, -0.05) is 23.5 Å². The normalized spacial score (nSPS) is 13.1. The Labute approximate surface area is 112 Å². The van der Waals surface area contributed by atoms with Crippen molar-refractivity contribution in [3.05, 3.63) is 48.3 Å². The molecule has 0 amide bonds. The van der Waals surface area contributed by atoms with Crippen LogP contribution in [0.1, 0.15) is 5.56 Å². The van der Waals surface area contributed by atoms with E-state index in [2.05, 4.69) is 39.9 Å².